The van der Waals surface area contributed by atoms with Gasteiger partial charge in [-0.2, -0.15) is 0 Å². The minimum Gasteiger partial charge on any atom is -0.347 e. The number of aryl methyl sites for hydroxylation is 1. The standard InChI is InChI=1S/C16H16ClFN2S/c17-13-9-11(18)7-6-10(13)8-15-19-14-5-3-1-2-4-12(14)16(21)20-15/h6-7,9H,1-5,8H2,(H,19,20,21). The van der Waals surface area contributed by atoms with E-state index in [1.54, 1.807) is 6.07 Å². The van der Waals surface area contributed by atoms with E-state index in [9.17, 15) is 4.39 Å². The maximum absolute atomic E-state index is 13.1. The number of nitrogens with one attached hydrogen (secondary N) is 1. The third kappa shape index (κ3) is 3.33. The average Bonchev–Trinajstić information content (AvgIpc) is 2.68. The van der Waals surface area contributed by atoms with Gasteiger partial charge < -0.3 is 4.98 Å². The van der Waals surface area contributed by atoms with Crippen LogP contribution in [0.5, 0.6) is 0 Å². The molecule has 0 unspecified atom stereocenters. The van der Waals surface area contributed by atoms with Crippen molar-refractivity contribution in [3.63, 3.8) is 0 Å². The molecule has 0 atom stereocenters. The van der Waals surface area contributed by atoms with Gasteiger partial charge >= 0.3 is 0 Å². The summed E-state index contributed by atoms with van der Waals surface area (Å²) in [6.07, 6.45) is 6.15. The molecule has 110 valence electrons. The highest BCUT2D eigenvalue weighted by Crippen LogP contribution is 2.22. The number of benzene rings is 1. The molecule has 0 spiro atoms. The first-order valence-corrected chi connectivity index (χ1v) is 7.97. The zero-order valence-electron chi connectivity index (χ0n) is 11.6. The Bertz CT molecular complexity index is 727. The van der Waals surface area contributed by atoms with Crippen LogP contribution in [0.1, 0.15) is 41.9 Å². The van der Waals surface area contributed by atoms with Crippen LogP contribution >= 0.6 is 23.8 Å². The van der Waals surface area contributed by atoms with Crippen molar-refractivity contribution in [1.82, 2.24) is 9.97 Å². The van der Waals surface area contributed by atoms with E-state index < -0.39 is 0 Å². The molecule has 1 aromatic heterocycles. The fourth-order valence-corrected chi connectivity index (χ4v) is 3.35. The van der Waals surface area contributed by atoms with Crippen LogP contribution in [0.2, 0.25) is 5.02 Å². The van der Waals surface area contributed by atoms with E-state index in [2.05, 4.69) is 9.97 Å². The normalized spacial score (nSPS) is 14.6. The fourth-order valence-electron chi connectivity index (χ4n) is 2.78. The third-order valence-electron chi connectivity index (χ3n) is 3.88. The number of aromatic nitrogens is 2. The lowest BCUT2D eigenvalue weighted by atomic mass is 10.1. The van der Waals surface area contributed by atoms with Crippen LogP contribution in [-0.2, 0) is 19.3 Å². The number of aromatic amines is 1. The van der Waals surface area contributed by atoms with Gasteiger partial charge in [-0.1, -0.05) is 36.3 Å². The van der Waals surface area contributed by atoms with Gasteiger partial charge in [-0.25, -0.2) is 9.37 Å². The van der Waals surface area contributed by atoms with Crippen molar-refractivity contribution in [2.45, 2.75) is 38.5 Å². The van der Waals surface area contributed by atoms with Crippen molar-refractivity contribution >= 4 is 23.8 Å². The highest BCUT2D eigenvalue weighted by atomic mass is 35.5. The zero-order valence-corrected chi connectivity index (χ0v) is 13.2. The molecule has 0 aliphatic heterocycles. The Hall–Kier alpha value is -1.26. The predicted molar refractivity (Wildman–Crippen MR) is 84.9 cm³/mol. The van der Waals surface area contributed by atoms with Gasteiger partial charge in [0.15, 0.2) is 0 Å². The van der Waals surface area contributed by atoms with Crippen LogP contribution in [0.15, 0.2) is 18.2 Å². The number of hydrogen-bond donors (Lipinski definition) is 1. The SMILES string of the molecule is Fc1ccc(Cc2nc(=S)c3c([nH]2)CCCCC3)c(Cl)c1. The van der Waals surface area contributed by atoms with E-state index in [-0.39, 0.29) is 5.82 Å². The number of hydrogen-bond acceptors (Lipinski definition) is 2. The van der Waals surface area contributed by atoms with E-state index >= 15 is 0 Å². The summed E-state index contributed by atoms with van der Waals surface area (Å²) < 4.78 is 13.8. The summed E-state index contributed by atoms with van der Waals surface area (Å²) in [5.74, 6) is 0.473. The summed E-state index contributed by atoms with van der Waals surface area (Å²) >= 11 is 11.5. The summed E-state index contributed by atoms with van der Waals surface area (Å²) in [5.41, 5.74) is 3.25. The molecule has 5 heteroatoms. The summed E-state index contributed by atoms with van der Waals surface area (Å²) in [6, 6.07) is 4.44. The van der Waals surface area contributed by atoms with Crippen molar-refractivity contribution in [2.24, 2.45) is 0 Å². The van der Waals surface area contributed by atoms with Gasteiger partial charge in [0, 0.05) is 22.7 Å². The van der Waals surface area contributed by atoms with Crippen molar-refractivity contribution in [3.8, 4) is 0 Å². The third-order valence-corrected chi connectivity index (χ3v) is 4.57. The van der Waals surface area contributed by atoms with Crippen molar-refractivity contribution in [1.29, 1.82) is 0 Å². The van der Waals surface area contributed by atoms with Crippen LogP contribution in [-0.4, -0.2) is 9.97 Å². The van der Waals surface area contributed by atoms with Gasteiger partial charge in [0.25, 0.3) is 0 Å². The molecule has 2 aromatic rings. The van der Waals surface area contributed by atoms with Crippen LogP contribution in [0.25, 0.3) is 0 Å². The molecule has 0 radical (unpaired) electrons. The van der Waals surface area contributed by atoms with E-state index in [1.165, 1.54) is 42.7 Å². The average molecular weight is 323 g/mol. The monoisotopic (exact) mass is 322 g/mol. The molecule has 21 heavy (non-hydrogen) atoms. The molecule has 1 heterocycles. The fraction of sp³-hybridized carbons (Fsp3) is 0.375. The number of rotatable bonds is 2. The van der Waals surface area contributed by atoms with Crippen LogP contribution in [0.4, 0.5) is 4.39 Å². The molecular weight excluding hydrogens is 307 g/mol. The zero-order chi connectivity index (χ0) is 14.8. The first kappa shape index (κ1) is 14.7. The second-order valence-electron chi connectivity index (χ2n) is 5.42. The number of halogens is 2. The van der Waals surface area contributed by atoms with E-state index in [0.717, 1.165) is 24.2 Å². The minimum absolute atomic E-state index is 0.327. The second-order valence-corrected chi connectivity index (χ2v) is 6.21. The topological polar surface area (TPSA) is 28.7 Å². The van der Waals surface area contributed by atoms with Gasteiger partial charge in [0.1, 0.15) is 16.3 Å². The Morgan fingerprint density at radius 2 is 2.05 bits per heavy atom. The highest BCUT2D eigenvalue weighted by molar-refractivity contribution is 7.71. The predicted octanol–water partition coefficient (Wildman–Crippen LogP) is 4.79. The Labute approximate surface area is 133 Å². The number of fused-ring (bicyclic) bond motifs is 1. The maximum atomic E-state index is 13.1. The first-order valence-electron chi connectivity index (χ1n) is 7.18. The molecule has 0 fully saturated rings. The van der Waals surface area contributed by atoms with Gasteiger partial charge in [-0.3, -0.25) is 0 Å². The molecule has 1 aliphatic rings. The van der Waals surface area contributed by atoms with E-state index in [0.29, 0.717) is 16.1 Å². The molecule has 0 saturated carbocycles. The molecule has 1 aliphatic carbocycles. The lowest BCUT2D eigenvalue weighted by Crippen LogP contribution is -2.05. The van der Waals surface area contributed by atoms with Gasteiger partial charge in [-0.05, 0) is 43.4 Å². The lowest BCUT2D eigenvalue weighted by Gasteiger charge is -2.10. The van der Waals surface area contributed by atoms with Crippen LogP contribution in [0.3, 0.4) is 0 Å². The van der Waals surface area contributed by atoms with Crippen LogP contribution in [0, 0.1) is 10.5 Å². The molecule has 0 saturated heterocycles. The largest absolute Gasteiger partial charge is 0.347 e. The first-order chi connectivity index (χ1) is 10.1. The van der Waals surface area contributed by atoms with Gasteiger partial charge in [0.05, 0.1) is 0 Å². The summed E-state index contributed by atoms with van der Waals surface area (Å²) in [5, 5.41) is 0.422. The van der Waals surface area contributed by atoms with Gasteiger partial charge in [0.2, 0.25) is 0 Å². The summed E-state index contributed by atoms with van der Waals surface area (Å²) in [7, 11) is 0. The van der Waals surface area contributed by atoms with Crippen molar-refractivity contribution in [3.05, 3.63) is 56.3 Å². The Morgan fingerprint density at radius 1 is 1.24 bits per heavy atom. The lowest BCUT2D eigenvalue weighted by molar-refractivity contribution is 0.627. The Morgan fingerprint density at radius 3 is 2.86 bits per heavy atom. The molecular formula is C16H16ClFN2S. The Kier molecular flexibility index (Phi) is 4.36. The molecule has 3 rings (SSSR count). The second kappa shape index (κ2) is 6.24. The maximum Gasteiger partial charge on any atom is 0.133 e. The smallest absolute Gasteiger partial charge is 0.133 e. The molecule has 2 nitrogen and oxygen atoms in total. The molecule has 0 amide bonds. The quantitative estimate of drug-likeness (QED) is 0.636. The van der Waals surface area contributed by atoms with Crippen molar-refractivity contribution < 1.29 is 4.39 Å². The summed E-state index contributed by atoms with van der Waals surface area (Å²) in [6.45, 7) is 0. The van der Waals surface area contributed by atoms with Crippen LogP contribution < -0.4 is 0 Å². The summed E-state index contributed by atoms with van der Waals surface area (Å²) in [4.78, 5) is 7.90. The minimum atomic E-state index is -0.327. The Balaban J connectivity index is 1.94. The van der Waals surface area contributed by atoms with E-state index in [4.69, 9.17) is 23.8 Å². The molecule has 0 bridgehead atoms. The van der Waals surface area contributed by atoms with E-state index in [1.807, 2.05) is 0 Å². The van der Waals surface area contributed by atoms with Crippen molar-refractivity contribution in [2.75, 3.05) is 0 Å². The highest BCUT2D eigenvalue weighted by Gasteiger charge is 2.13. The molecule has 1 aromatic carbocycles. The number of nitrogens with zero attached hydrogens (tertiary/aromatic N) is 1. The molecule has 1 N–H and O–H groups in total. The number of H-pyrrole nitrogens is 1. The van der Waals surface area contributed by atoms with Gasteiger partial charge in [-0.15, -0.1) is 0 Å².